The van der Waals surface area contributed by atoms with Gasteiger partial charge in [0.15, 0.2) is 0 Å². The van der Waals surface area contributed by atoms with Crippen LogP contribution >= 0.6 is 15.9 Å². The largest absolute Gasteiger partial charge is 0.393 e. The van der Waals surface area contributed by atoms with Gasteiger partial charge in [-0.25, -0.2) is 0 Å². The van der Waals surface area contributed by atoms with Gasteiger partial charge in [0.05, 0.1) is 24.4 Å². The lowest BCUT2D eigenvalue weighted by molar-refractivity contribution is 0.0406. The molecule has 2 heterocycles. The van der Waals surface area contributed by atoms with E-state index in [-0.39, 0.29) is 29.3 Å². The molecule has 0 bridgehead atoms. The molecule has 3 aliphatic rings. The van der Waals surface area contributed by atoms with E-state index < -0.39 is 0 Å². The van der Waals surface area contributed by atoms with Crippen molar-refractivity contribution in [2.45, 2.75) is 61.0 Å². The Balaban J connectivity index is 1.58. The Hall–Kier alpha value is -0.190. The van der Waals surface area contributed by atoms with E-state index >= 15 is 0 Å². The SMILES string of the molecule is N#CC1CC2C(CNC(N[C@@H]3CC[C@@H](O)C3)C2Br)O1. The molecule has 6 heteroatoms. The van der Waals surface area contributed by atoms with Crippen LogP contribution in [0.4, 0.5) is 0 Å². The lowest BCUT2D eigenvalue weighted by Gasteiger charge is -2.38. The number of hydrogen-bond acceptors (Lipinski definition) is 5. The van der Waals surface area contributed by atoms with Crippen LogP contribution in [0.1, 0.15) is 25.7 Å². The zero-order valence-electron chi connectivity index (χ0n) is 10.8. The Morgan fingerprint density at radius 3 is 2.89 bits per heavy atom. The van der Waals surface area contributed by atoms with Gasteiger partial charge < -0.3 is 9.84 Å². The Morgan fingerprint density at radius 2 is 2.21 bits per heavy atom. The summed E-state index contributed by atoms with van der Waals surface area (Å²) in [5, 5.41) is 25.6. The average Bonchev–Trinajstić information content (AvgIpc) is 2.99. The van der Waals surface area contributed by atoms with Gasteiger partial charge in [-0.1, -0.05) is 15.9 Å². The minimum Gasteiger partial charge on any atom is -0.393 e. The summed E-state index contributed by atoms with van der Waals surface area (Å²) in [5.74, 6) is 0.384. The average molecular weight is 330 g/mol. The third-order valence-corrected chi connectivity index (χ3v) is 5.74. The molecule has 2 saturated heterocycles. The maximum atomic E-state index is 9.58. The van der Waals surface area contributed by atoms with Crippen molar-refractivity contribution in [2.24, 2.45) is 5.92 Å². The molecular weight excluding hydrogens is 310 g/mol. The molecule has 5 nitrogen and oxygen atoms in total. The first-order valence-electron chi connectivity index (χ1n) is 7.04. The van der Waals surface area contributed by atoms with Crippen molar-refractivity contribution in [2.75, 3.05) is 6.54 Å². The highest BCUT2D eigenvalue weighted by Crippen LogP contribution is 2.36. The van der Waals surface area contributed by atoms with E-state index in [1.165, 1.54) is 0 Å². The molecule has 0 aromatic heterocycles. The fourth-order valence-corrected chi connectivity index (χ4v) is 4.40. The van der Waals surface area contributed by atoms with E-state index in [0.29, 0.717) is 12.0 Å². The van der Waals surface area contributed by atoms with Crippen molar-refractivity contribution in [1.29, 1.82) is 5.26 Å². The molecule has 0 aromatic carbocycles. The maximum Gasteiger partial charge on any atom is 0.144 e. The minimum atomic E-state index is -0.260. The summed E-state index contributed by atoms with van der Waals surface area (Å²) in [6, 6.07) is 2.60. The molecule has 5 unspecified atom stereocenters. The number of fused-ring (bicyclic) bond motifs is 1. The smallest absolute Gasteiger partial charge is 0.144 e. The minimum absolute atomic E-state index is 0.140. The topological polar surface area (TPSA) is 77.3 Å². The molecule has 3 N–H and O–H groups in total. The standard InChI is InChI=1S/C13H20BrN3O2/c14-12-10-4-9(5-15)19-11(10)6-16-13(12)17-7-1-2-8(18)3-7/h7-13,16-18H,1-4,6H2/t7-,8-,9?,10?,11?,12?,13?/m1/s1. The lowest BCUT2D eigenvalue weighted by atomic mass is 9.90. The maximum absolute atomic E-state index is 9.58. The number of nitrogens with one attached hydrogen (secondary N) is 2. The van der Waals surface area contributed by atoms with Gasteiger partial charge in [-0.15, -0.1) is 0 Å². The molecule has 106 valence electrons. The molecule has 0 amide bonds. The Labute approximate surface area is 121 Å². The summed E-state index contributed by atoms with van der Waals surface area (Å²) in [7, 11) is 0. The number of aliphatic hydroxyl groups is 1. The molecule has 1 saturated carbocycles. The van der Waals surface area contributed by atoms with E-state index in [1.807, 2.05) is 0 Å². The molecule has 0 radical (unpaired) electrons. The summed E-state index contributed by atoms with van der Waals surface area (Å²) in [4.78, 5) is 0.266. The molecule has 2 aliphatic heterocycles. The van der Waals surface area contributed by atoms with Crippen LogP contribution in [0.25, 0.3) is 0 Å². The van der Waals surface area contributed by atoms with Gasteiger partial charge in [0.25, 0.3) is 0 Å². The summed E-state index contributed by atoms with van der Waals surface area (Å²) in [6.07, 6.45) is 3.49. The number of rotatable bonds is 2. The Bertz CT molecular complexity index is 375. The predicted octanol–water partition coefficient (Wildman–Crippen LogP) is 0.479. The predicted molar refractivity (Wildman–Crippen MR) is 73.7 cm³/mol. The highest BCUT2D eigenvalue weighted by molar-refractivity contribution is 9.09. The van der Waals surface area contributed by atoms with Crippen molar-refractivity contribution in [1.82, 2.24) is 10.6 Å². The van der Waals surface area contributed by atoms with Crippen molar-refractivity contribution in [3.8, 4) is 6.07 Å². The Kier molecular flexibility index (Phi) is 4.11. The molecule has 3 fully saturated rings. The number of alkyl halides is 1. The normalized spacial score (nSPS) is 49.8. The third kappa shape index (κ3) is 2.81. The van der Waals surface area contributed by atoms with Gasteiger partial charge in [0, 0.05) is 23.3 Å². The molecular formula is C13H20BrN3O2. The van der Waals surface area contributed by atoms with Crippen molar-refractivity contribution in [3.05, 3.63) is 0 Å². The van der Waals surface area contributed by atoms with Gasteiger partial charge in [-0.05, 0) is 25.7 Å². The van der Waals surface area contributed by atoms with Crippen LogP contribution in [0.15, 0.2) is 0 Å². The van der Waals surface area contributed by atoms with Crippen molar-refractivity contribution >= 4 is 15.9 Å². The fraction of sp³-hybridized carbons (Fsp3) is 0.923. The van der Waals surface area contributed by atoms with E-state index in [9.17, 15) is 5.11 Å². The van der Waals surface area contributed by atoms with Gasteiger partial charge in [-0.2, -0.15) is 5.26 Å². The van der Waals surface area contributed by atoms with E-state index in [2.05, 4.69) is 32.6 Å². The number of hydrogen-bond donors (Lipinski definition) is 3. The van der Waals surface area contributed by atoms with E-state index in [1.54, 1.807) is 0 Å². The molecule has 3 rings (SSSR count). The van der Waals surface area contributed by atoms with Crippen LogP contribution < -0.4 is 10.6 Å². The Morgan fingerprint density at radius 1 is 1.37 bits per heavy atom. The number of aliphatic hydroxyl groups excluding tert-OH is 1. The van der Waals surface area contributed by atoms with Gasteiger partial charge in [0.1, 0.15) is 6.10 Å². The quantitative estimate of drug-likeness (QED) is 0.642. The zero-order valence-corrected chi connectivity index (χ0v) is 12.3. The van der Waals surface area contributed by atoms with Gasteiger partial charge >= 0.3 is 0 Å². The first-order valence-corrected chi connectivity index (χ1v) is 7.95. The third-order valence-electron chi connectivity index (χ3n) is 4.53. The van der Waals surface area contributed by atoms with E-state index in [0.717, 1.165) is 32.2 Å². The lowest BCUT2D eigenvalue weighted by Crippen LogP contribution is -2.60. The molecule has 19 heavy (non-hydrogen) atoms. The van der Waals surface area contributed by atoms with Crippen molar-refractivity contribution in [3.63, 3.8) is 0 Å². The highest BCUT2D eigenvalue weighted by atomic mass is 79.9. The van der Waals surface area contributed by atoms with Crippen LogP contribution in [0.5, 0.6) is 0 Å². The summed E-state index contributed by atoms with van der Waals surface area (Å²) >= 11 is 3.76. The second-order valence-electron chi connectivity index (χ2n) is 5.85. The molecule has 1 aliphatic carbocycles. The number of piperidine rings is 1. The monoisotopic (exact) mass is 329 g/mol. The first-order chi connectivity index (χ1) is 9.17. The van der Waals surface area contributed by atoms with Crippen LogP contribution in [-0.2, 0) is 4.74 Å². The summed E-state index contributed by atoms with van der Waals surface area (Å²) < 4.78 is 5.70. The van der Waals surface area contributed by atoms with Gasteiger partial charge in [0.2, 0.25) is 0 Å². The molecule has 7 atom stereocenters. The first kappa shape index (κ1) is 13.8. The second kappa shape index (κ2) is 5.66. The number of nitriles is 1. The fourth-order valence-electron chi connectivity index (χ4n) is 3.50. The van der Waals surface area contributed by atoms with Crippen LogP contribution in [0.3, 0.4) is 0 Å². The highest BCUT2D eigenvalue weighted by Gasteiger charge is 2.45. The molecule has 0 aromatic rings. The van der Waals surface area contributed by atoms with E-state index in [4.69, 9.17) is 10.00 Å². The van der Waals surface area contributed by atoms with Crippen molar-refractivity contribution < 1.29 is 9.84 Å². The number of nitrogens with zero attached hydrogens (tertiary/aromatic N) is 1. The number of ether oxygens (including phenoxy) is 1. The van der Waals surface area contributed by atoms with Crippen LogP contribution in [-0.4, -0.2) is 47.0 Å². The van der Waals surface area contributed by atoms with Crippen LogP contribution in [0, 0.1) is 17.2 Å². The van der Waals surface area contributed by atoms with Gasteiger partial charge in [-0.3, -0.25) is 10.6 Å². The molecule has 0 spiro atoms. The second-order valence-corrected chi connectivity index (χ2v) is 6.91. The zero-order chi connectivity index (χ0) is 13.4. The number of halogens is 1. The summed E-state index contributed by atoms with van der Waals surface area (Å²) in [5.41, 5.74) is 0. The van der Waals surface area contributed by atoms with Crippen LogP contribution in [0.2, 0.25) is 0 Å². The summed E-state index contributed by atoms with van der Waals surface area (Å²) in [6.45, 7) is 0.790.